The lowest BCUT2D eigenvalue weighted by molar-refractivity contribution is 0.337. The fraction of sp³-hybridized carbons (Fsp3) is 0.375. The van der Waals surface area contributed by atoms with E-state index in [1.807, 2.05) is 32.9 Å². The Bertz CT molecular complexity index is 695. The van der Waals surface area contributed by atoms with Crippen molar-refractivity contribution in [1.82, 2.24) is 15.1 Å². The average Bonchev–Trinajstić information content (AvgIpc) is 2.47. The predicted octanol–water partition coefficient (Wildman–Crippen LogP) is 1.83. The van der Waals surface area contributed by atoms with Crippen molar-refractivity contribution in [2.24, 2.45) is 0 Å². The molecule has 2 rings (SSSR count). The third kappa shape index (κ3) is 3.65. The van der Waals surface area contributed by atoms with Gasteiger partial charge in [0.1, 0.15) is 22.9 Å². The van der Waals surface area contributed by atoms with Crippen LogP contribution < -0.4 is 15.6 Å². The van der Waals surface area contributed by atoms with Gasteiger partial charge in [0.05, 0.1) is 6.61 Å². The molecule has 0 aliphatic carbocycles. The Kier molecular flexibility index (Phi) is 5.16. The van der Waals surface area contributed by atoms with Gasteiger partial charge in [0.15, 0.2) is 0 Å². The predicted molar refractivity (Wildman–Crippen MR) is 84.6 cm³/mol. The lowest BCUT2D eigenvalue weighted by Crippen LogP contribution is -2.27. The average molecular weight is 303 g/mol. The normalized spacial score (nSPS) is 10.9. The summed E-state index contributed by atoms with van der Waals surface area (Å²) in [5.41, 5.74) is 0.567. The van der Waals surface area contributed by atoms with Gasteiger partial charge in [-0.15, -0.1) is 0 Å². The molecular formula is C16H21N3O3. The molecule has 0 atom stereocenters. The summed E-state index contributed by atoms with van der Waals surface area (Å²) in [6.45, 7) is 6.74. The van der Waals surface area contributed by atoms with E-state index in [0.717, 1.165) is 0 Å². The first kappa shape index (κ1) is 16.0. The van der Waals surface area contributed by atoms with Crippen LogP contribution in [0.15, 0.2) is 35.1 Å². The van der Waals surface area contributed by atoms with E-state index in [-0.39, 0.29) is 11.8 Å². The molecule has 22 heavy (non-hydrogen) atoms. The van der Waals surface area contributed by atoms with Crippen molar-refractivity contribution in [3.05, 3.63) is 46.4 Å². The third-order valence-corrected chi connectivity index (χ3v) is 3.06. The highest BCUT2D eigenvalue weighted by Crippen LogP contribution is 2.21. The lowest BCUT2D eigenvalue weighted by Gasteiger charge is -2.14. The van der Waals surface area contributed by atoms with E-state index in [2.05, 4.69) is 10.4 Å². The minimum absolute atomic E-state index is 0.108. The van der Waals surface area contributed by atoms with Crippen LogP contribution in [0.2, 0.25) is 0 Å². The molecule has 1 heterocycles. The Morgan fingerprint density at radius 2 is 2.09 bits per heavy atom. The summed E-state index contributed by atoms with van der Waals surface area (Å²) in [5, 5.41) is 17.3. The van der Waals surface area contributed by atoms with E-state index < -0.39 is 5.56 Å². The first-order valence-electron chi connectivity index (χ1n) is 7.30. The fourth-order valence-corrected chi connectivity index (χ4v) is 1.99. The second kappa shape index (κ2) is 7.09. The molecule has 0 saturated carbocycles. The molecular weight excluding hydrogens is 282 g/mol. The lowest BCUT2D eigenvalue weighted by atomic mass is 10.3. The van der Waals surface area contributed by atoms with Crippen LogP contribution >= 0.6 is 0 Å². The van der Waals surface area contributed by atoms with Crippen LogP contribution in [0, 0.1) is 0 Å². The van der Waals surface area contributed by atoms with Gasteiger partial charge in [0.25, 0.3) is 5.56 Å². The first-order valence-corrected chi connectivity index (χ1v) is 7.30. The molecule has 0 aliphatic rings. The number of para-hydroxylation sites is 2. The monoisotopic (exact) mass is 303 g/mol. The van der Waals surface area contributed by atoms with Crippen LogP contribution in [-0.4, -0.2) is 27.5 Å². The largest absolute Gasteiger partial charge is 0.506 e. The smallest absolute Gasteiger partial charge is 0.275 e. The maximum atomic E-state index is 12.2. The zero-order valence-electron chi connectivity index (χ0n) is 13.0. The molecule has 1 aromatic carbocycles. The van der Waals surface area contributed by atoms with E-state index in [0.29, 0.717) is 30.3 Å². The first-order chi connectivity index (χ1) is 10.5. The number of hydrogen-bond acceptors (Lipinski definition) is 5. The van der Waals surface area contributed by atoms with E-state index in [4.69, 9.17) is 4.74 Å². The third-order valence-electron chi connectivity index (χ3n) is 3.06. The van der Waals surface area contributed by atoms with Gasteiger partial charge < -0.3 is 15.2 Å². The molecule has 0 spiro atoms. The van der Waals surface area contributed by atoms with E-state index in [9.17, 15) is 9.90 Å². The molecule has 0 fully saturated rings. The van der Waals surface area contributed by atoms with Crippen molar-refractivity contribution in [3.8, 4) is 17.2 Å². The van der Waals surface area contributed by atoms with Crippen molar-refractivity contribution in [2.75, 3.05) is 6.61 Å². The SMILES string of the molecule is CCOc1ccccc1-n1nc(CNC(C)C)c(O)cc1=O. The number of nitrogens with zero attached hydrogens (tertiary/aromatic N) is 2. The Balaban J connectivity index is 2.47. The van der Waals surface area contributed by atoms with Crippen molar-refractivity contribution >= 4 is 0 Å². The van der Waals surface area contributed by atoms with Gasteiger partial charge in [-0.05, 0) is 19.1 Å². The number of benzene rings is 1. The van der Waals surface area contributed by atoms with Gasteiger partial charge >= 0.3 is 0 Å². The van der Waals surface area contributed by atoms with Crippen molar-refractivity contribution in [2.45, 2.75) is 33.4 Å². The number of aromatic nitrogens is 2. The summed E-state index contributed by atoms with van der Waals surface area (Å²) in [5.74, 6) is 0.469. The van der Waals surface area contributed by atoms with Gasteiger partial charge in [-0.3, -0.25) is 4.79 Å². The Labute approximate surface area is 129 Å². The summed E-state index contributed by atoms with van der Waals surface area (Å²) in [7, 11) is 0. The summed E-state index contributed by atoms with van der Waals surface area (Å²) >= 11 is 0. The number of nitrogens with one attached hydrogen (secondary N) is 1. The highest BCUT2D eigenvalue weighted by atomic mass is 16.5. The molecule has 0 bridgehead atoms. The molecule has 118 valence electrons. The summed E-state index contributed by atoms with van der Waals surface area (Å²) in [6.07, 6.45) is 0. The maximum absolute atomic E-state index is 12.2. The maximum Gasteiger partial charge on any atom is 0.275 e. The molecule has 1 aromatic heterocycles. The highest BCUT2D eigenvalue weighted by molar-refractivity contribution is 5.46. The summed E-state index contributed by atoms with van der Waals surface area (Å²) < 4.78 is 6.79. The summed E-state index contributed by atoms with van der Waals surface area (Å²) in [4.78, 5) is 12.2. The van der Waals surface area contributed by atoms with E-state index >= 15 is 0 Å². The quantitative estimate of drug-likeness (QED) is 0.851. The molecule has 0 saturated heterocycles. The van der Waals surface area contributed by atoms with Crippen LogP contribution in [-0.2, 0) is 6.54 Å². The van der Waals surface area contributed by atoms with Gasteiger partial charge in [-0.25, -0.2) is 0 Å². The Morgan fingerprint density at radius 3 is 2.77 bits per heavy atom. The van der Waals surface area contributed by atoms with Crippen LogP contribution in [0.25, 0.3) is 5.69 Å². The van der Waals surface area contributed by atoms with Gasteiger partial charge in [-0.1, -0.05) is 26.0 Å². The van der Waals surface area contributed by atoms with E-state index in [1.165, 1.54) is 10.7 Å². The Hall–Kier alpha value is -2.34. The van der Waals surface area contributed by atoms with Crippen molar-refractivity contribution in [1.29, 1.82) is 0 Å². The number of ether oxygens (including phenoxy) is 1. The zero-order valence-corrected chi connectivity index (χ0v) is 13.0. The van der Waals surface area contributed by atoms with Crippen LogP contribution in [0.1, 0.15) is 26.5 Å². The second-order valence-corrected chi connectivity index (χ2v) is 5.16. The number of rotatable bonds is 6. The van der Waals surface area contributed by atoms with Gasteiger partial charge in [0.2, 0.25) is 0 Å². The Morgan fingerprint density at radius 1 is 1.36 bits per heavy atom. The van der Waals surface area contributed by atoms with Gasteiger partial charge in [-0.2, -0.15) is 9.78 Å². The molecule has 2 aromatic rings. The molecule has 0 aliphatic heterocycles. The minimum atomic E-state index is -0.405. The fourth-order valence-electron chi connectivity index (χ4n) is 1.99. The standard InChI is InChI=1S/C16H21N3O3/c1-4-22-15-8-6-5-7-13(15)19-16(21)9-14(20)12(18-19)10-17-11(2)3/h5-9,11,17,20H,4,10H2,1-3H3. The number of hydrogen-bond donors (Lipinski definition) is 2. The second-order valence-electron chi connectivity index (χ2n) is 5.16. The molecule has 0 amide bonds. The van der Waals surface area contributed by atoms with Crippen molar-refractivity contribution < 1.29 is 9.84 Å². The number of aromatic hydroxyl groups is 1. The van der Waals surface area contributed by atoms with E-state index in [1.54, 1.807) is 12.1 Å². The molecule has 0 unspecified atom stereocenters. The molecule has 6 nitrogen and oxygen atoms in total. The van der Waals surface area contributed by atoms with Gasteiger partial charge in [0, 0.05) is 18.7 Å². The van der Waals surface area contributed by atoms with Crippen LogP contribution in [0.3, 0.4) is 0 Å². The molecule has 6 heteroatoms. The minimum Gasteiger partial charge on any atom is -0.506 e. The molecule has 2 N–H and O–H groups in total. The van der Waals surface area contributed by atoms with Crippen molar-refractivity contribution in [3.63, 3.8) is 0 Å². The van der Waals surface area contributed by atoms with Crippen LogP contribution in [0.4, 0.5) is 0 Å². The zero-order chi connectivity index (χ0) is 16.1. The topological polar surface area (TPSA) is 76.4 Å². The highest BCUT2D eigenvalue weighted by Gasteiger charge is 2.13. The summed E-state index contributed by atoms with van der Waals surface area (Å²) in [6, 6.07) is 8.61. The van der Waals surface area contributed by atoms with Crippen LogP contribution in [0.5, 0.6) is 11.5 Å². The molecule has 0 radical (unpaired) electrons.